The van der Waals surface area contributed by atoms with Gasteiger partial charge >= 0.3 is 0 Å². The molecule has 1 atom stereocenters. The van der Waals surface area contributed by atoms with Crippen molar-refractivity contribution in [2.75, 3.05) is 5.73 Å². The summed E-state index contributed by atoms with van der Waals surface area (Å²) in [4.78, 5) is 3.95. The van der Waals surface area contributed by atoms with E-state index in [1.165, 1.54) is 18.3 Å². The van der Waals surface area contributed by atoms with Crippen LogP contribution in [-0.2, 0) is 6.42 Å². The minimum Gasteiger partial charge on any atom is -0.383 e. The van der Waals surface area contributed by atoms with Crippen LogP contribution in [0.15, 0.2) is 30.5 Å². The first-order valence-corrected chi connectivity index (χ1v) is 6.33. The van der Waals surface area contributed by atoms with Crippen LogP contribution in [0.3, 0.4) is 0 Å². The predicted molar refractivity (Wildman–Crippen MR) is 75.7 cm³/mol. The van der Waals surface area contributed by atoms with E-state index in [0.717, 1.165) is 5.56 Å². The van der Waals surface area contributed by atoms with Gasteiger partial charge in [0.2, 0.25) is 0 Å². The summed E-state index contributed by atoms with van der Waals surface area (Å²) in [6.07, 6.45) is 1.88. The van der Waals surface area contributed by atoms with Gasteiger partial charge in [-0.25, -0.2) is 9.37 Å². The van der Waals surface area contributed by atoms with E-state index in [1.807, 2.05) is 0 Å². The third-order valence-electron chi connectivity index (χ3n) is 2.77. The van der Waals surface area contributed by atoms with Crippen LogP contribution in [0.2, 0.25) is 10.0 Å². The van der Waals surface area contributed by atoms with Gasteiger partial charge in [-0.2, -0.15) is 0 Å². The van der Waals surface area contributed by atoms with E-state index in [9.17, 15) is 4.39 Å². The predicted octanol–water partition coefficient (Wildman–Crippen LogP) is 3.35. The second kappa shape index (κ2) is 5.74. The average Bonchev–Trinajstić information content (AvgIpc) is 2.35. The van der Waals surface area contributed by atoms with E-state index in [0.29, 0.717) is 27.8 Å². The van der Waals surface area contributed by atoms with Gasteiger partial charge in [-0.05, 0) is 30.2 Å². The molecule has 0 saturated heterocycles. The molecule has 0 spiro atoms. The first kappa shape index (κ1) is 14.1. The molecule has 3 nitrogen and oxygen atoms in total. The minimum absolute atomic E-state index is 0.329. The van der Waals surface area contributed by atoms with Crippen molar-refractivity contribution in [2.45, 2.75) is 12.5 Å². The second-order valence-electron chi connectivity index (χ2n) is 4.17. The highest BCUT2D eigenvalue weighted by molar-refractivity contribution is 6.31. The summed E-state index contributed by atoms with van der Waals surface area (Å²) >= 11 is 11.8. The van der Waals surface area contributed by atoms with Gasteiger partial charge in [-0.15, -0.1) is 0 Å². The topological polar surface area (TPSA) is 64.9 Å². The molecule has 0 aliphatic heterocycles. The first-order valence-electron chi connectivity index (χ1n) is 5.58. The zero-order chi connectivity index (χ0) is 14.0. The molecule has 0 fully saturated rings. The lowest BCUT2D eigenvalue weighted by molar-refractivity contribution is 0.625. The molecule has 0 aliphatic carbocycles. The van der Waals surface area contributed by atoms with E-state index in [-0.39, 0.29) is 5.82 Å². The molecule has 0 bridgehead atoms. The Morgan fingerprint density at radius 2 is 2.00 bits per heavy atom. The number of hydrogen-bond acceptors (Lipinski definition) is 3. The highest BCUT2D eigenvalue weighted by atomic mass is 35.5. The molecule has 0 radical (unpaired) electrons. The lowest BCUT2D eigenvalue weighted by atomic mass is 10.00. The summed E-state index contributed by atoms with van der Waals surface area (Å²) in [7, 11) is 0. The molecule has 19 heavy (non-hydrogen) atoms. The van der Waals surface area contributed by atoms with E-state index in [4.69, 9.17) is 34.7 Å². The average molecular weight is 300 g/mol. The Morgan fingerprint density at radius 1 is 1.26 bits per heavy atom. The van der Waals surface area contributed by atoms with Gasteiger partial charge in [-0.1, -0.05) is 29.3 Å². The number of nitrogens with zero attached hydrogens (tertiary/aromatic N) is 1. The van der Waals surface area contributed by atoms with Crippen molar-refractivity contribution in [1.29, 1.82) is 0 Å². The maximum Gasteiger partial charge on any atom is 0.128 e. The molecule has 0 amide bonds. The highest BCUT2D eigenvalue weighted by Crippen LogP contribution is 2.26. The Labute approximate surface area is 120 Å². The van der Waals surface area contributed by atoms with Crippen LogP contribution >= 0.6 is 23.2 Å². The van der Waals surface area contributed by atoms with Crippen molar-refractivity contribution in [3.05, 3.63) is 57.5 Å². The molecule has 6 heteroatoms. The highest BCUT2D eigenvalue weighted by Gasteiger charge is 2.14. The Kier molecular flexibility index (Phi) is 4.24. The molecular weight excluding hydrogens is 288 g/mol. The van der Waals surface area contributed by atoms with Crippen molar-refractivity contribution in [3.8, 4) is 0 Å². The van der Waals surface area contributed by atoms with Gasteiger partial charge in [0, 0.05) is 22.8 Å². The number of hydrogen-bond donors (Lipinski definition) is 2. The largest absolute Gasteiger partial charge is 0.383 e. The van der Waals surface area contributed by atoms with Gasteiger partial charge in [0.15, 0.2) is 0 Å². The zero-order valence-corrected chi connectivity index (χ0v) is 11.4. The lowest BCUT2D eigenvalue weighted by Gasteiger charge is -2.15. The van der Waals surface area contributed by atoms with Crippen LogP contribution in [0.5, 0.6) is 0 Å². The Bertz CT molecular complexity index is 604. The molecule has 1 heterocycles. The summed E-state index contributed by atoms with van der Waals surface area (Å²) in [6, 6.07) is 5.46. The quantitative estimate of drug-likeness (QED) is 0.913. The number of benzene rings is 1. The number of nitrogens with two attached hydrogens (primary N) is 2. The summed E-state index contributed by atoms with van der Waals surface area (Å²) in [5, 5.41) is 0.800. The number of halogens is 3. The molecule has 100 valence electrons. The van der Waals surface area contributed by atoms with Crippen molar-refractivity contribution >= 4 is 29.0 Å². The normalized spacial score (nSPS) is 12.4. The SMILES string of the molecule is Nc1ncc(Cl)cc1C(N)Cc1ccc(F)cc1Cl. The molecule has 1 aromatic carbocycles. The summed E-state index contributed by atoms with van der Waals surface area (Å²) in [6.45, 7) is 0. The van der Waals surface area contributed by atoms with E-state index in [1.54, 1.807) is 12.1 Å². The van der Waals surface area contributed by atoms with E-state index in [2.05, 4.69) is 4.98 Å². The molecule has 2 rings (SSSR count). The molecular formula is C13H12Cl2FN3. The molecule has 1 unspecified atom stereocenters. The van der Waals surface area contributed by atoms with Crippen LogP contribution in [-0.4, -0.2) is 4.98 Å². The first-order chi connectivity index (χ1) is 8.97. The standard InChI is InChI=1S/C13H12Cl2FN3/c14-8-4-10(13(18)19-6-8)12(17)3-7-1-2-9(16)5-11(7)15/h1-2,4-6,12H,3,17H2,(H2,18,19). The molecule has 2 aromatic rings. The summed E-state index contributed by atoms with van der Waals surface area (Å²) in [5.41, 5.74) is 13.2. The van der Waals surface area contributed by atoms with Gasteiger partial charge < -0.3 is 11.5 Å². The van der Waals surface area contributed by atoms with Crippen LogP contribution in [0.25, 0.3) is 0 Å². The number of aromatic nitrogens is 1. The number of nitrogen functional groups attached to an aromatic ring is 1. The fourth-order valence-corrected chi connectivity index (χ4v) is 2.21. The monoisotopic (exact) mass is 299 g/mol. The summed E-state index contributed by atoms with van der Waals surface area (Å²) < 4.78 is 13.0. The Hall–Kier alpha value is -1.36. The van der Waals surface area contributed by atoms with Crippen LogP contribution in [0, 0.1) is 5.82 Å². The van der Waals surface area contributed by atoms with E-state index >= 15 is 0 Å². The third-order valence-corrected chi connectivity index (χ3v) is 3.33. The minimum atomic E-state index is -0.408. The van der Waals surface area contributed by atoms with Crippen molar-refractivity contribution in [3.63, 3.8) is 0 Å². The molecule has 0 saturated carbocycles. The van der Waals surface area contributed by atoms with Crippen LogP contribution in [0.1, 0.15) is 17.2 Å². The maximum atomic E-state index is 13.0. The van der Waals surface area contributed by atoms with E-state index < -0.39 is 6.04 Å². The van der Waals surface area contributed by atoms with Crippen molar-refractivity contribution < 1.29 is 4.39 Å². The zero-order valence-electron chi connectivity index (χ0n) is 9.91. The Morgan fingerprint density at radius 3 is 2.68 bits per heavy atom. The molecule has 4 N–H and O–H groups in total. The fourth-order valence-electron chi connectivity index (χ4n) is 1.80. The van der Waals surface area contributed by atoms with Crippen LogP contribution < -0.4 is 11.5 Å². The lowest BCUT2D eigenvalue weighted by Crippen LogP contribution is -2.16. The maximum absolute atomic E-state index is 13.0. The summed E-state index contributed by atoms with van der Waals surface area (Å²) in [5.74, 6) is -0.0543. The Balaban J connectivity index is 2.25. The van der Waals surface area contributed by atoms with Gasteiger partial charge in [0.1, 0.15) is 11.6 Å². The molecule has 0 aliphatic rings. The van der Waals surface area contributed by atoms with Gasteiger partial charge in [0.05, 0.1) is 5.02 Å². The van der Waals surface area contributed by atoms with Crippen molar-refractivity contribution in [1.82, 2.24) is 4.98 Å². The van der Waals surface area contributed by atoms with Crippen molar-refractivity contribution in [2.24, 2.45) is 5.73 Å². The smallest absolute Gasteiger partial charge is 0.128 e. The second-order valence-corrected chi connectivity index (χ2v) is 5.02. The fraction of sp³-hybridized carbons (Fsp3) is 0.154. The molecule has 1 aromatic heterocycles. The van der Waals surface area contributed by atoms with Gasteiger partial charge in [0.25, 0.3) is 0 Å². The number of pyridine rings is 1. The number of rotatable bonds is 3. The van der Waals surface area contributed by atoms with Crippen LogP contribution in [0.4, 0.5) is 10.2 Å². The third kappa shape index (κ3) is 3.35. The number of anilines is 1. The van der Waals surface area contributed by atoms with Gasteiger partial charge in [-0.3, -0.25) is 0 Å².